The lowest BCUT2D eigenvalue weighted by atomic mass is 10.5. The van der Waals surface area contributed by atoms with Crippen LogP contribution in [0.3, 0.4) is 0 Å². The molecule has 1 aromatic heterocycles. The fourth-order valence-electron chi connectivity index (χ4n) is 0.857. The normalized spacial score (nSPS) is 11.7. The highest BCUT2D eigenvalue weighted by Gasteiger charge is 2.00. The molecule has 13 heavy (non-hydrogen) atoms. The van der Waals surface area contributed by atoms with Crippen molar-refractivity contribution in [2.24, 2.45) is 10.7 Å². The average molecular weight is 184 g/mol. The van der Waals surface area contributed by atoms with Gasteiger partial charge < -0.3 is 10.3 Å². The Morgan fingerprint density at radius 3 is 3.23 bits per heavy atom. The first-order valence-electron chi connectivity index (χ1n) is 3.84. The van der Waals surface area contributed by atoms with Gasteiger partial charge in [0.05, 0.1) is 0 Å². The quantitative estimate of drug-likeness (QED) is 0.321. The van der Waals surface area contributed by atoms with Gasteiger partial charge in [0, 0.05) is 6.54 Å². The fourth-order valence-corrected chi connectivity index (χ4v) is 0.857. The van der Waals surface area contributed by atoms with Crippen LogP contribution in [-0.4, -0.2) is 25.9 Å². The summed E-state index contributed by atoms with van der Waals surface area (Å²) in [6.45, 7) is 3.06. The Morgan fingerprint density at radius 1 is 1.85 bits per heavy atom. The highest BCUT2D eigenvalue weighted by atomic mass is 16.5. The van der Waals surface area contributed by atoms with E-state index in [0.29, 0.717) is 12.4 Å². The number of nitrogens with zero attached hydrogens (tertiary/aromatic N) is 4. The van der Waals surface area contributed by atoms with Crippen LogP contribution in [0.1, 0.15) is 12.7 Å². The molecule has 0 unspecified atom stereocenters. The van der Waals surface area contributed by atoms with Crippen molar-refractivity contribution in [2.75, 3.05) is 0 Å². The number of hydroxylamine groups is 1. The summed E-state index contributed by atoms with van der Waals surface area (Å²) in [4.78, 5) is 3.80. The number of nitrogens with two attached hydrogens (primary N) is 1. The molecular formula is C6H12N6O. The zero-order valence-electron chi connectivity index (χ0n) is 7.30. The lowest BCUT2D eigenvalue weighted by Gasteiger charge is -2.00. The van der Waals surface area contributed by atoms with Crippen LogP contribution in [0.15, 0.2) is 11.3 Å². The Kier molecular flexibility index (Phi) is 3.21. The molecule has 1 aromatic rings. The van der Waals surface area contributed by atoms with Crippen LogP contribution in [-0.2, 0) is 13.1 Å². The SMILES string of the molecule is CCn1cnnc1CN=C(N)NO. The van der Waals surface area contributed by atoms with Crippen molar-refractivity contribution in [1.82, 2.24) is 20.2 Å². The monoisotopic (exact) mass is 184 g/mol. The molecule has 0 fully saturated rings. The van der Waals surface area contributed by atoms with Gasteiger partial charge in [0.25, 0.3) is 0 Å². The lowest BCUT2D eigenvalue weighted by Crippen LogP contribution is -2.28. The van der Waals surface area contributed by atoms with Crippen molar-refractivity contribution in [1.29, 1.82) is 0 Å². The molecule has 0 aromatic carbocycles. The zero-order chi connectivity index (χ0) is 9.68. The standard InChI is InChI=1S/C6H12N6O/c1-2-12-4-9-10-5(12)3-8-6(7)11-13/h4,13H,2-3H2,1H3,(H3,7,8,11). The third-order valence-electron chi connectivity index (χ3n) is 1.54. The van der Waals surface area contributed by atoms with E-state index in [1.807, 2.05) is 11.5 Å². The molecule has 0 aliphatic carbocycles. The second-order valence-corrected chi connectivity index (χ2v) is 2.35. The summed E-state index contributed by atoms with van der Waals surface area (Å²) in [5, 5.41) is 15.9. The summed E-state index contributed by atoms with van der Waals surface area (Å²) in [7, 11) is 0. The van der Waals surface area contributed by atoms with Crippen LogP contribution in [0.25, 0.3) is 0 Å². The van der Waals surface area contributed by atoms with Gasteiger partial charge in [-0.2, -0.15) is 0 Å². The Bertz CT molecular complexity index is 293. The van der Waals surface area contributed by atoms with Crippen molar-refractivity contribution < 1.29 is 5.21 Å². The minimum absolute atomic E-state index is 0.0364. The van der Waals surface area contributed by atoms with Crippen molar-refractivity contribution in [3.8, 4) is 0 Å². The summed E-state index contributed by atoms with van der Waals surface area (Å²) in [5.74, 6) is 0.673. The fraction of sp³-hybridized carbons (Fsp3) is 0.500. The molecule has 0 aliphatic rings. The maximum Gasteiger partial charge on any atom is 0.213 e. The minimum Gasteiger partial charge on any atom is -0.368 e. The van der Waals surface area contributed by atoms with Crippen LogP contribution in [0.4, 0.5) is 0 Å². The van der Waals surface area contributed by atoms with Crippen molar-refractivity contribution in [3.63, 3.8) is 0 Å². The summed E-state index contributed by atoms with van der Waals surface area (Å²) < 4.78 is 1.84. The third kappa shape index (κ3) is 2.41. The van der Waals surface area contributed by atoms with E-state index in [1.165, 1.54) is 0 Å². The largest absolute Gasteiger partial charge is 0.368 e. The molecule has 4 N–H and O–H groups in total. The lowest BCUT2D eigenvalue weighted by molar-refractivity contribution is 0.232. The summed E-state index contributed by atoms with van der Waals surface area (Å²) in [6.07, 6.45) is 1.62. The summed E-state index contributed by atoms with van der Waals surface area (Å²) in [6, 6.07) is 0. The predicted molar refractivity (Wildman–Crippen MR) is 45.9 cm³/mol. The first kappa shape index (κ1) is 9.46. The Labute approximate surface area is 75.3 Å². The van der Waals surface area contributed by atoms with E-state index in [4.69, 9.17) is 10.9 Å². The Morgan fingerprint density at radius 2 is 2.62 bits per heavy atom. The van der Waals surface area contributed by atoms with Gasteiger partial charge in [-0.15, -0.1) is 10.2 Å². The Balaban J connectivity index is 2.63. The molecule has 0 aliphatic heterocycles. The minimum atomic E-state index is -0.0364. The zero-order valence-corrected chi connectivity index (χ0v) is 7.30. The summed E-state index contributed by atoms with van der Waals surface area (Å²) >= 11 is 0. The molecule has 0 saturated carbocycles. The average Bonchev–Trinajstić information content (AvgIpc) is 2.61. The van der Waals surface area contributed by atoms with Crippen molar-refractivity contribution in [2.45, 2.75) is 20.0 Å². The van der Waals surface area contributed by atoms with Gasteiger partial charge in [-0.3, -0.25) is 5.21 Å². The molecule has 0 spiro atoms. The maximum absolute atomic E-state index is 8.34. The number of aromatic nitrogens is 3. The van der Waals surface area contributed by atoms with Gasteiger partial charge in [0.1, 0.15) is 12.9 Å². The van der Waals surface area contributed by atoms with Gasteiger partial charge in [-0.25, -0.2) is 10.5 Å². The topological polar surface area (TPSA) is 101 Å². The second-order valence-electron chi connectivity index (χ2n) is 2.35. The smallest absolute Gasteiger partial charge is 0.213 e. The third-order valence-corrected chi connectivity index (χ3v) is 1.54. The number of hydrogen-bond acceptors (Lipinski definition) is 4. The molecule has 0 bridgehead atoms. The molecule has 0 saturated heterocycles. The highest BCUT2D eigenvalue weighted by molar-refractivity contribution is 5.76. The maximum atomic E-state index is 8.34. The molecule has 1 heterocycles. The Hall–Kier alpha value is -1.63. The number of nitrogens with one attached hydrogen (secondary N) is 1. The second kappa shape index (κ2) is 4.41. The molecule has 72 valence electrons. The van der Waals surface area contributed by atoms with Gasteiger partial charge in [-0.1, -0.05) is 0 Å². The van der Waals surface area contributed by atoms with Gasteiger partial charge in [0.15, 0.2) is 5.82 Å². The van der Waals surface area contributed by atoms with E-state index in [2.05, 4.69) is 15.2 Å². The number of hydrogen-bond donors (Lipinski definition) is 3. The van der Waals surface area contributed by atoms with E-state index < -0.39 is 0 Å². The van der Waals surface area contributed by atoms with Crippen LogP contribution >= 0.6 is 0 Å². The molecule has 0 atom stereocenters. The first-order valence-corrected chi connectivity index (χ1v) is 3.84. The van der Waals surface area contributed by atoms with Gasteiger partial charge in [0.2, 0.25) is 5.96 Å². The molecular weight excluding hydrogens is 172 g/mol. The van der Waals surface area contributed by atoms with Crippen molar-refractivity contribution in [3.05, 3.63) is 12.2 Å². The van der Waals surface area contributed by atoms with Gasteiger partial charge in [-0.05, 0) is 6.92 Å². The van der Waals surface area contributed by atoms with E-state index in [1.54, 1.807) is 11.8 Å². The first-order chi connectivity index (χ1) is 6.27. The van der Waals surface area contributed by atoms with Crippen LogP contribution in [0.5, 0.6) is 0 Å². The number of aliphatic imine (C=N–C) groups is 1. The predicted octanol–water partition coefficient (Wildman–Crippen LogP) is -0.908. The molecule has 0 radical (unpaired) electrons. The van der Waals surface area contributed by atoms with Crippen LogP contribution in [0, 0.1) is 0 Å². The number of guanidine groups is 1. The number of aryl methyl sites for hydroxylation is 1. The van der Waals surface area contributed by atoms with Gasteiger partial charge >= 0.3 is 0 Å². The van der Waals surface area contributed by atoms with E-state index in [9.17, 15) is 0 Å². The number of rotatable bonds is 3. The summed E-state index contributed by atoms with van der Waals surface area (Å²) in [5.41, 5.74) is 6.95. The molecule has 1 rings (SSSR count). The van der Waals surface area contributed by atoms with Crippen LogP contribution in [0.2, 0.25) is 0 Å². The van der Waals surface area contributed by atoms with Crippen molar-refractivity contribution >= 4 is 5.96 Å². The molecule has 0 amide bonds. The van der Waals surface area contributed by atoms with E-state index in [-0.39, 0.29) is 5.96 Å². The molecule has 7 heteroatoms. The molecule has 7 nitrogen and oxygen atoms in total. The van der Waals surface area contributed by atoms with E-state index >= 15 is 0 Å². The van der Waals surface area contributed by atoms with Crippen LogP contribution < -0.4 is 11.2 Å². The van der Waals surface area contributed by atoms with E-state index in [0.717, 1.165) is 6.54 Å². The highest BCUT2D eigenvalue weighted by Crippen LogP contribution is 1.96.